The van der Waals surface area contributed by atoms with Crippen molar-refractivity contribution in [1.82, 2.24) is 9.88 Å². The second-order valence-electron chi connectivity index (χ2n) is 5.05. The van der Waals surface area contributed by atoms with E-state index in [-0.39, 0.29) is 5.91 Å². The number of benzene rings is 1. The van der Waals surface area contributed by atoms with Gasteiger partial charge in [0.25, 0.3) is 5.91 Å². The van der Waals surface area contributed by atoms with Gasteiger partial charge >= 0.3 is 0 Å². The van der Waals surface area contributed by atoms with Crippen LogP contribution in [0.2, 0.25) is 0 Å². The van der Waals surface area contributed by atoms with E-state index in [0.717, 1.165) is 11.3 Å². The van der Waals surface area contributed by atoms with Crippen LogP contribution in [0.25, 0.3) is 0 Å². The third-order valence-electron chi connectivity index (χ3n) is 3.40. The molecular formula is C17H21N3O. The predicted molar refractivity (Wildman–Crippen MR) is 83.7 cm³/mol. The molecule has 0 aliphatic carbocycles. The molecule has 0 atom stereocenters. The minimum absolute atomic E-state index is 0.0103. The van der Waals surface area contributed by atoms with Crippen molar-refractivity contribution >= 4 is 5.91 Å². The number of hydrogen-bond donors (Lipinski definition) is 1. The molecule has 110 valence electrons. The number of carbonyl (C=O) groups is 1. The zero-order chi connectivity index (χ0) is 15.2. The van der Waals surface area contributed by atoms with Gasteiger partial charge < -0.3 is 10.6 Å². The number of nitrogens with zero attached hydrogens (tertiary/aromatic N) is 2. The molecule has 21 heavy (non-hydrogen) atoms. The molecule has 1 amide bonds. The average molecular weight is 283 g/mol. The van der Waals surface area contributed by atoms with Gasteiger partial charge in [0, 0.05) is 31.4 Å². The maximum absolute atomic E-state index is 12.6. The standard InChI is InChI=1S/C17H21N3O/c1-3-20(12-14-6-4-5-13(2)9-14)17(21)15-7-8-19-16(10-15)11-18/h4-10H,3,11-12,18H2,1-2H3. The zero-order valence-electron chi connectivity index (χ0n) is 12.5. The van der Waals surface area contributed by atoms with Gasteiger partial charge in [-0.2, -0.15) is 0 Å². The Morgan fingerprint density at radius 3 is 2.76 bits per heavy atom. The summed E-state index contributed by atoms with van der Waals surface area (Å²) < 4.78 is 0. The Labute approximate surface area is 125 Å². The second kappa shape index (κ2) is 6.99. The number of carbonyl (C=O) groups excluding carboxylic acids is 1. The molecule has 1 aromatic heterocycles. The molecule has 0 unspecified atom stereocenters. The summed E-state index contributed by atoms with van der Waals surface area (Å²) in [6.45, 7) is 5.65. The molecule has 0 fully saturated rings. The van der Waals surface area contributed by atoms with E-state index in [1.807, 2.05) is 24.0 Å². The highest BCUT2D eigenvalue weighted by Crippen LogP contribution is 2.12. The molecule has 2 rings (SSSR count). The van der Waals surface area contributed by atoms with Crippen LogP contribution in [0.1, 0.15) is 34.1 Å². The first-order valence-corrected chi connectivity index (χ1v) is 7.14. The van der Waals surface area contributed by atoms with E-state index in [4.69, 9.17) is 5.73 Å². The normalized spacial score (nSPS) is 10.4. The summed E-state index contributed by atoms with van der Waals surface area (Å²) in [7, 11) is 0. The average Bonchev–Trinajstić information content (AvgIpc) is 2.52. The molecule has 1 heterocycles. The van der Waals surface area contributed by atoms with Gasteiger partial charge in [0.05, 0.1) is 5.69 Å². The minimum Gasteiger partial charge on any atom is -0.335 e. The molecular weight excluding hydrogens is 262 g/mol. The smallest absolute Gasteiger partial charge is 0.254 e. The monoisotopic (exact) mass is 283 g/mol. The SMILES string of the molecule is CCN(Cc1cccc(C)c1)C(=O)c1ccnc(CN)c1. The summed E-state index contributed by atoms with van der Waals surface area (Å²) in [5, 5.41) is 0. The van der Waals surface area contributed by atoms with E-state index in [0.29, 0.717) is 25.2 Å². The van der Waals surface area contributed by atoms with Crippen LogP contribution in [0.5, 0.6) is 0 Å². The molecule has 4 nitrogen and oxygen atoms in total. The van der Waals surface area contributed by atoms with Gasteiger partial charge in [-0.1, -0.05) is 29.8 Å². The number of aromatic nitrogens is 1. The van der Waals surface area contributed by atoms with Gasteiger partial charge in [0.15, 0.2) is 0 Å². The summed E-state index contributed by atoms with van der Waals surface area (Å²) in [6.07, 6.45) is 1.63. The van der Waals surface area contributed by atoms with Crippen molar-refractivity contribution in [2.45, 2.75) is 26.9 Å². The van der Waals surface area contributed by atoms with Gasteiger partial charge in [-0.3, -0.25) is 9.78 Å². The van der Waals surface area contributed by atoms with Crippen molar-refractivity contribution in [2.24, 2.45) is 5.73 Å². The van der Waals surface area contributed by atoms with Crippen LogP contribution in [0.4, 0.5) is 0 Å². The number of aryl methyl sites for hydroxylation is 1. The molecule has 0 radical (unpaired) electrons. The lowest BCUT2D eigenvalue weighted by atomic mass is 10.1. The largest absolute Gasteiger partial charge is 0.335 e. The fourth-order valence-electron chi connectivity index (χ4n) is 2.26. The van der Waals surface area contributed by atoms with Crippen LogP contribution in [0.15, 0.2) is 42.6 Å². The number of nitrogens with two attached hydrogens (primary N) is 1. The molecule has 0 bridgehead atoms. The number of hydrogen-bond acceptors (Lipinski definition) is 3. The Morgan fingerprint density at radius 1 is 1.29 bits per heavy atom. The summed E-state index contributed by atoms with van der Waals surface area (Å²) in [4.78, 5) is 18.5. The predicted octanol–water partition coefficient (Wildman–Crippen LogP) is 2.51. The molecule has 2 aromatic rings. The summed E-state index contributed by atoms with van der Waals surface area (Å²) >= 11 is 0. The second-order valence-corrected chi connectivity index (χ2v) is 5.05. The molecule has 0 saturated carbocycles. The van der Waals surface area contributed by atoms with Crippen LogP contribution < -0.4 is 5.73 Å². The van der Waals surface area contributed by atoms with E-state index in [1.54, 1.807) is 18.3 Å². The first kappa shape index (κ1) is 15.2. The molecule has 0 spiro atoms. The van der Waals surface area contributed by atoms with Crippen molar-refractivity contribution in [3.8, 4) is 0 Å². The molecule has 0 saturated heterocycles. The summed E-state index contributed by atoms with van der Waals surface area (Å²) in [5.74, 6) is 0.0103. The number of rotatable bonds is 5. The quantitative estimate of drug-likeness (QED) is 0.917. The number of amides is 1. The van der Waals surface area contributed by atoms with Crippen molar-refractivity contribution in [1.29, 1.82) is 0 Å². The lowest BCUT2D eigenvalue weighted by Crippen LogP contribution is -2.30. The Hall–Kier alpha value is -2.20. The summed E-state index contributed by atoms with van der Waals surface area (Å²) in [5.41, 5.74) is 9.28. The van der Waals surface area contributed by atoms with Gasteiger partial charge in [-0.05, 0) is 31.5 Å². The Kier molecular flexibility index (Phi) is 5.06. The maximum Gasteiger partial charge on any atom is 0.254 e. The summed E-state index contributed by atoms with van der Waals surface area (Å²) in [6, 6.07) is 11.7. The van der Waals surface area contributed by atoms with E-state index in [2.05, 4.69) is 24.0 Å². The molecule has 4 heteroatoms. The topological polar surface area (TPSA) is 59.2 Å². The minimum atomic E-state index is 0.0103. The Bertz CT molecular complexity index is 625. The van der Waals surface area contributed by atoms with Gasteiger partial charge in [0.1, 0.15) is 0 Å². The van der Waals surface area contributed by atoms with Crippen LogP contribution in [0, 0.1) is 6.92 Å². The van der Waals surface area contributed by atoms with Gasteiger partial charge in [-0.15, -0.1) is 0 Å². The third kappa shape index (κ3) is 3.89. The Balaban J connectivity index is 2.18. The van der Waals surface area contributed by atoms with Crippen molar-refractivity contribution in [2.75, 3.05) is 6.54 Å². The van der Waals surface area contributed by atoms with Gasteiger partial charge in [-0.25, -0.2) is 0 Å². The van der Waals surface area contributed by atoms with Crippen molar-refractivity contribution < 1.29 is 4.79 Å². The zero-order valence-corrected chi connectivity index (χ0v) is 12.5. The highest BCUT2D eigenvalue weighted by molar-refractivity contribution is 5.94. The van der Waals surface area contributed by atoms with Crippen LogP contribution in [0.3, 0.4) is 0 Å². The Morgan fingerprint density at radius 2 is 2.10 bits per heavy atom. The first-order chi connectivity index (χ1) is 10.1. The van der Waals surface area contributed by atoms with Gasteiger partial charge in [0.2, 0.25) is 0 Å². The van der Waals surface area contributed by atoms with Crippen molar-refractivity contribution in [3.05, 3.63) is 65.0 Å². The van der Waals surface area contributed by atoms with Crippen molar-refractivity contribution in [3.63, 3.8) is 0 Å². The lowest BCUT2D eigenvalue weighted by Gasteiger charge is -2.21. The lowest BCUT2D eigenvalue weighted by molar-refractivity contribution is 0.0752. The highest BCUT2D eigenvalue weighted by Gasteiger charge is 2.15. The maximum atomic E-state index is 12.6. The van der Waals surface area contributed by atoms with Crippen LogP contribution in [-0.4, -0.2) is 22.3 Å². The molecule has 0 aliphatic rings. The third-order valence-corrected chi connectivity index (χ3v) is 3.40. The van der Waals surface area contributed by atoms with Crippen LogP contribution in [-0.2, 0) is 13.1 Å². The van der Waals surface area contributed by atoms with E-state index in [9.17, 15) is 4.79 Å². The fourth-order valence-corrected chi connectivity index (χ4v) is 2.26. The van der Waals surface area contributed by atoms with E-state index >= 15 is 0 Å². The van der Waals surface area contributed by atoms with E-state index in [1.165, 1.54) is 5.56 Å². The fraction of sp³-hybridized carbons (Fsp3) is 0.294. The van der Waals surface area contributed by atoms with Crippen LogP contribution >= 0.6 is 0 Å². The highest BCUT2D eigenvalue weighted by atomic mass is 16.2. The number of pyridine rings is 1. The first-order valence-electron chi connectivity index (χ1n) is 7.14. The van der Waals surface area contributed by atoms with E-state index < -0.39 is 0 Å². The molecule has 1 aromatic carbocycles. The molecule has 2 N–H and O–H groups in total. The molecule has 0 aliphatic heterocycles.